The highest BCUT2D eigenvalue weighted by Crippen LogP contribution is 2.20. The molecule has 0 spiro atoms. The monoisotopic (exact) mass is 221 g/mol. The first-order valence-corrected chi connectivity index (χ1v) is 6.00. The summed E-state index contributed by atoms with van der Waals surface area (Å²) >= 11 is 0. The molecule has 4 nitrogen and oxygen atoms in total. The van der Waals surface area contributed by atoms with E-state index in [1.807, 2.05) is 19.4 Å². The van der Waals surface area contributed by atoms with Crippen LogP contribution >= 0.6 is 0 Å². The molecule has 1 N–H and O–H groups in total. The quantitative estimate of drug-likeness (QED) is 0.837. The number of imidazole rings is 1. The van der Waals surface area contributed by atoms with E-state index in [-0.39, 0.29) is 17.9 Å². The molecular formula is C12H19N3O. The molecular weight excluding hydrogens is 202 g/mol. The average molecular weight is 221 g/mol. The van der Waals surface area contributed by atoms with Gasteiger partial charge < -0.3 is 9.88 Å². The largest absolute Gasteiger partial charge is 0.353 e. The summed E-state index contributed by atoms with van der Waals surface area (Å²) in [5.41, 5.74) is 1.18. The van der Waals surface area contributed by atoms with Crippen LogP contribution < -0.4 is 5.32 Å². The van der Waals surface area contributed by atoms with Gasteiger partial charge in [0.2, 0.25) is 5.91 Å². The number of aryl methyl sites for hydroxylation is 1. The molecule has 88 valence electrons. The minimum atomic E-state index is 0.123. The van der Waals surface area contributed by atoms with E-state index < -0.39 is 0 Å². The summed E-state index contributed by atoms with van der Waals surface area (Å²) in [7, 11) is 0. The Labute approximate surface area is 96.1 Å². The minimum Gasteiger partial charge on any atom is -0.353 e. The summed E-state index contributed by atoms with van der Waals surface area (Å²) in [5.74, 6) is 0.319. The second-order valence-corrected chi connectivity index (χ2v) is 4.59. The molecule has 1 aliphatic heterocycles. The summed E-state index contributed by atoms with van der Waals surface area (Å²) in [6.07, 6.45) is 6.44. The van der Waals surface area contributed by atoms with Gasteiger partial charge in [0, 0.05) is 36.8 Å². The van der Waals surface area contributed by atoms with Crippen LogP contribution in [0.5, 0.6) is 0 Å². The summed E-state index contributed by atoms with van der Waals surface area (Å²) in [6.45, 7) is 5.04. The number of carbonyl (C=O) groups is 1. The van der Waals surface area contributed by atoms with Crippen molar-refractivity contribution in [2.24, 2.45) is 5.92 Å². The fourth-order valence-electron chi connectivity index (χ4n) is 2.06. The molecule has 16 heavy (non-hydrogen) atoms. The van der Waals surface area contributed by atoms with E-state index in [1.165, 1.54) is 5.69 Å². The molecule has 1 amide bonds. The molecule has 2 rings (SSSR count). The highest BCUT2D eigenvalue weighted by molar-refractivity contribution is 5.79. The Hall–Kier alpha value is -1.32. The van der Waals surface area contributed by atoms with Crippen molar-refractivity contribution in [3.63, 3.8) is 0 Å². The Kier molecular flexibility index (Phi) is 3.27. The van der Waals surface area contributed by atoms with Crippen LogP contribution in [-0.2, 0) is 17.8 Å². The van der Waals surface area contributed by atoms with Crippen LogP contribution in [0.3, 0.4) is 0 Å². The van der Waals surface area contributed by atoms with Gasteiger partial charge in [-0.1, -0.05) is 6.92 Å². The normalized spacial score (nSPS) is 21.2. The molecule has 0 saturated carbocycles. The predicted octanol–water partition coefficient (Wildman–Crippen LogP) is 1.36. The fraction of sp³-hybridized carbons (Fsp3) is 0.667. The van der Waals surface area contributed by atoms with E-state index in [0.717, 1.165) is 25.8 Å². The van der Waals surface area contributed by atoms with Crippen LogP contribution in [0.2, 0.25) is 0 Å². The Bertz CT molecular complexity index is 372. The highest BCUT2D eigenvalue weighted by Gasteiger charge is 2.25. The maximum absolute atomic E-state index is 12.0. The number of carbonyl (C=O) groups excluding carboxylic acids is 1. The number of hydrogen-bond acceptors (Lipinski definition) is 2. The second kappa shape index (κ2) is 4.68. The van der Waals surface area contributed by atoms with Crippen molar-refractivity contribution in [2.75, 3.05) is 0 Å². The lowest BCUT2D eigenvalue weighted by Crippen LogP contribution is -2.39. The van der Waals surface area contributed by atoms with Gasteiger partial charge in [-0.2, -0.15) is 0 Å². The highest BCUT2D eigenvalue weighted by atomic mass is 16.1. The third-order valence-corrected chi connectivity index (χ3v) is 3.34. The van der Waals surface area contributed by atoms with Crippen molar-refractivity contribution in [1.29, 1.82) is 0 Å². The maximum atomic E-state index is 12.0. The summed E-state index contributed by atoms with van der Waals surface area (Å²) in [6, 6.07) is 0.277. The van der Waals surface area contributed by atoms with Crippen LogP contribution in [0.4, 0.5) is 0 Å². The Morgan fingerprint density at radius 3 is 3.31 bits per heavy atom. The van der Waals surface area contributed by atoms with Crippen molar-refractivity contribution in [3.8, 4) is 0 Å². The molecule has 0 aromatic carbocycles. The van der Waals surface area contributed by atoms with Crippen LogP contribution in [-0.4, -0.2) is 21.5 Å². The maximum Gasteiger partial charge on any atom is 0.223 e. The molecule has 0 fully saturated rings. The lowest BCUT2D eigenvalue weighted by molar-refractivity contribution is -0.126. The van der Waals surface area contributed by atoms with Gasteiger partial charge in [0.25, 0.3) is 0 Å². The average Bonchev–Trinajstić information content (AvgIpc) is 2.75. The number of nitrogens with zero attached hydrogens (tertiary/aromatic N) is 2. The molecule has 2 unspecified atom stereocenters. The standard InChI is InChI=1S/C12H19N3O/c1-3-9(2)14-12(16)10-4-5-15-8-13-7-11(15)6-10/h7-10H,3-6H2,1-2H3,(H,14,16). The first-order valence-electron chi connectivity index (χ1n) is 6.00. The second-order valence-electron chi connectivity index (χ2n) is 4.59. The van der Waals surface area contributed by atoms with E-state index >= 15 is 0 Å². The molecule has 1 aliphatic rings. The van der Waals surface area contributed by atoms with Crippen LogP contribution in [0.15, 0.2) is 12.5 Å². The topological polar surface area (TPSA) is 46.9 Å². The molecule has 4 heteroatoms. The van der Waals surface area contributed by atoms with E-state index in [9.17, 15) is 4.79 Å². The lowest BCUT2D eigenvalue weighted by atomic mass is 9.95. The zero-order valence-corrected chi connectivity index (χ0v) is 9.94. The van der Waals surface area contributed by atoms with Gasteiger partial charge in [0.1, 0.15) is 0 Å². The molecule has 0 radical (unpaired) electrons. The first kappa shape index (κ1) is 11.2. The van der Waals surface area contributed by atoms with Gasteiger partial charge >= 0.3 is 0 Å². The van der Waals surface area contributed by atoms with Crippen molar-refractivity contribution >= 4 is 5.91 Å². The summed E-state index contributed by atoms with van der Waals surface area (Å²) in [4.78, 5) is 16.1. The zero-order valence-electron chi connectivity index (χ0n) is 9.94. The third kappa shape index (κ3) is 2.26. The number of aromatic nitrogens is 2. The van der Waals surface area contributed by atoms with Gasteiger partial charge in [-0.05, 0) is 19.8 Å². The van der Waals surface area contributed by atoms with Crippen molar-refractivity contribution in [1.82, 2.24) is 14.9 Å². The Balaban J connectivity index is 1.95. The summed E-state index contributed by atoms with van der Waals surface area (Å²) < 4.78 is 2.13. The number of rotatable bonds is 3. The number of fused-ring (bicyclic) bond motifs is 1. The van der Waals surface area contributed by atoms with Crippen molar-refractivity contribution < 1.29 is 4.79 Å². The van der Waals surface area contributed by atoms with E-state index in [0.29, 0.717) is 0 Å². The molecule has 2 atom stereocenters. The molecule has 1 aromatic rings. The molecule has 2 heterocycles. The van der Waals surface area contributed by atoms with Crippen molar-refractivity contribution in [2.45, 2.75) is 45.7 Å². The Morgan fingerprint density at radius 1 is 1.75 bits per heavy atom. The number of nitrogens with one attached hydrogen (secondary N) is 1. The smallest absolute Gasteiger partial charge is 0.223 e. The Morgan fingerprint density at radius 2 is 2.56 bits per heavy atom. The van der Waals surface area contributed by atoms with Crippen LogP contribution in [0, 0.1) is 5.92 Å². The van der Waals surface area contributed by atoms with Gasteiger partial charge in [-0.15, -0.1) is 0 Å². The van der Waals surface area contributed by atoms with Gasteiger partial charge in [-0.3, -0.25) is 4.79 Å². The SMILES string of the molecule is CCC(C)NC(=O)C1CCn2cncc2C1. The fourth-order valence-corrected chi connectivity index (χ4v) is 2.06. The predicted molar refractivity (Wildman–Crippen MR) is 61.9 cm³/mol. The van der Waals surface area contributed by atoms with E-state index in [1.54, 1.807) is 0 Å². The van der Waals surface area contributed by atoms with E-state index in [2.05, 4.69) is 21.8 Å². The number of amides is 1. The summed E-state index contributed by atoms with van der Waals surface area (Å²) in [5, 5.41) is 3.05. The molecule has 1 aromatic heterocycles. The van der Waals surface area contributed by atoms with Crippen LogP contribution in [0.25, 0.3) is 0 Å². The van der Waals surface area contributed by atoms with E-state index in [4.69, 9.17) is 0 Å². The third-order valence-electron chi connectivity index (χ3n) is 3.34. The molecule has 0 saturated heterocycles. The first-order chi connectivity index (χ1) is 7.70. The van der Waals surface area contributed by atoms with Gasteiger partial charge in [0.15, 0.2) is 0 Å². The van der Waals surface area contributed by atoms with Crippen LogP contribution in [0.1, 0.15) is 32.4 Å². The zero-order chi connectivity index (χ0) is 11.5. The minimum absolute atomic E-state index is 0.123. The number of hydrogen-bond donors (Lipinski definition) is 1. The lowest BCUT2D eigenvalue weighted by Gasteiger charge is -2.24. The molecule has 0 aliphatic carbocycles. The van der Waals surface area contributed by atoms with Crippen molar-refractivity contribution in [3.05, 3.63) is 18.2 Å². The molecule has 0 bridgehead atoms. The van der Waals surface area contributed by atoms with Gasteiger partial charge in [-0.25, -0.2) is 4.98 Å². The van der Waals surface area contributed by atoms with Gasteiger partial charge in [0.05, 0.1) is 6.33 Å².